The summed E-state index contributed by atoms with van der Waals surface area (Å²) < 4.78 is 4.86. The molecule has 8 aromatic rings. The standard InChI is InChI=1S/C43H31N3/c1-43-26-11-10-19-37(43)36-18-5-9-23-41(36)46(43)31-14-12-13-29(27-31)45-40-22-8-4-17-34(40)35-25-24-30(28-42(35)45)44-38-20-6-2-15-32(38)33-16-3-7-21-39(33)44/h2-28,37H,1H3. The molecule has 0 N–H and O–H groups in total. The molecule has 0 spiro atoms. The van der Waals surface area contributed by atoms with Crippen molar-refractivity contribution in [3.8, 4) is 11.4 Å². The van der Waals surface area contributed by atoms with Gasteiger partial charge in [-0.25, -0.2) is 0 Å². The van der Waals surface area contributed by atoms with E-state index in [4.69, 9.17) is 0 Å². The minimum absolute atomic E-state index is 0.179. The summed E-state index contributed by atoms with van der Waals surface area (Å²) in [6.07, 6.45) is 9.10. The molecule has 46 heavy (non-hydrogen) atoms. The molecule has 0 saturated carbocycles. The lowest BCUT2D eigenvalue weighted by atomic mass is 9.80. The third-order valence-electron chi connectivity index (χ3n) is 10.3. The Morgan fingerprint density at radius 1 is 0.478 bits per heavy atom. The number of aromatic nitrogens is 2. The van der Waals surface area contributed by atoms with Gasteiger partial charge in [-0.05, 0) is 67.1 Å². The highest BCUT2D eigenvalue weighted by molar-refractivity contribution is 6.12. The van der Waals surface area contributed by atoms with Crippen LogP contribution < -0.4 is 4.90 Å². The largest absolute Gasteiger partial charge is 0.331 e. The van der Waals surface area contributed by atoms with E-state index in [0.717, 1.165) is 11.4 Å². The second-order valence-corrected chi connectivity index (χ2v) is 12.8. The van der Waals surface area contributed by atoms with Gasteiger partial charge in [0.05, 0.1) is 27.6 Å². The fourth-order valence-electron chi connectivity index (χ4n) is 8.34. The van der Waals surface area contributed by atoms with Crippen LogP contribution in [-0.2, 0) is 0 Å². The highest BCUT2D eigenvalue weighted by Crippen LogP contribution is 2.54. The second-order valence-electron chi connectivity index (χ2n) is 12.8. The summed E-state index contributed by atoms with van der Waals surface area (Å²) in [4.78, 5) is 2.54. The molecule has 218 valence electrons. The molecule has 6 aromatic carbocycles. The van der Waals surface area contributed by atoms with Gasteiger partial charge in [-0.3, -0.25) is 0 Å². The van der Waals surface area contributed by atoms with Crippen molar-refractivity contribution in [3.63, 3.8) is 0 Å². The zero-order valence-electron chi connectivity index (χ0n) is 25.5. The lowest BCUT2D eigenvalue weighted by Crippen LogP contribution is -2.41. The van der Waals surface area contributed by atoms with Crippen LogP contribution in [0.4, 0.5) is 11.4 Å². The van der Waals surface area contributed by atoms with E-state index in [1.54, 1.807) is 0 Å². The smallest absolute Gasteiger partial charge is 0.0712 e. The third kappa shape index (κ3) is 3.37. The Morgan fingerprint density at radius 2 is 1.04 bits per heavy atom. The first-order chi connectivity index (χ1) is 22.7. The van der Waals surface area contributed by atoms with Crippen LogP contribution in [0.25, 0.3) is 55.0 Å². The molecule has 3 heteroatoms. The van der Waals surface area contributed by atoms with E-state index in [1.807, 2.05) is 0 Å². The first-order valence-corrected chi connectivity index (χ1v) is 16.1. The average Bonchev–Trinajstić information content (AvgIpc) is 3.71. The van der Waals surface area contributed by atoms with Gasteiger partial charge < -0.3 is 14.0 Å². The molecule has 0 fully saturated rings. The van der Waals surface area contributed by atoms with Crippen LogP contribution in [0.1, 0.15) is 18.4 Å². The number of rotatable bonds is 3. The molecule has 0 bridgehead atoms. The summed E-state index contributed by atoms with van der Waals surface area (Å²) in [6.45, 7) is 2.36. The maximum absolute atomic E-state index is 2.54. The number of fused-ring (bicyclic) bond motifs is 9. The van der Waals surface area contributed by atoms with E-state index < -0.39 is 0 Å². The van der Waals surface area contributed by atoms with Crippen LogP contribution in [0.2, 0.25) is 0 Å². The number of nitrogens with zero attached hydrogens (tertiary/aromatic N) is 3. The summed E-state index contributed by atoms with van der Waals surface area (Å²) in [5.74, 6) is 0.305. The Bertz CT molecular complexity index is 2520. The highest BCUT2D eigenvalue weighted by atomic mass is 15.2. The number of benzene rings is 6. The fourth-order valence-corrected chi connectivity index (χ4v) is 8.34. The molecule has 0 radical (unpaired) electrons. The number of hydrogen-bond acceptors (Lipinski definition) is 1. The van der Waals surface area contributed by atoms with Gasteiger partial charge >= 0.3 is 0 Å². The maximum atomic E-state index is 2.54. The third-order valence-corrected chi connectivity index (χ3v) is 10.3. The first-order valence-electron chi connectivity index (χ1n) is 16.1. The lowest BCUT2D eigenvalue weighted by Gasteiger charge is -2.39. The van der Waals surface area contributed by atoms with Gasteiger partial charge in [-0.1, -0.05) is 109 Å². The molecule has 0 saturated heterocycles. The van der Waals surface area contributed by atoms with Crippen molar-refractivity contribution in [2.45, 2.75) is 18.4 Å². The molecule has 3 nitrogen and oxygen atoms in total. The molecule has 1 aliphatic carbocycles. The monoisotopic (exact) mass is 589 g/mol. The molecular formula is C43H31N3. The van der Waals surface area contributed by atoms with Crippen LogP contribution >= 0.6 is 0 Å². The summed E-state index contributed by atoms with van der Waals surface area (Å²) in [5.41, 5.74) is 10.8. The van der Waals surface area contributed by atoms with Gasteiger partial charge in [0, 0.05) is 50.2 Å². The van der Waals surface area contributed by atoms with Gasteiger partial charge in [-0.2, -0.15) is 0 Å². The Morgan fingerprint density at radius 3 is 1.76 bits per heavy atom. The van der Waals surface area contributed by atoms with Crippen molar-refractivity contribution in [1.29, 1.82) is 0 Å². The molecule has 3 heterocycles. The summed E-state index contributed by atoms with van der Waals surface area (Å²) in [7, 11) is 0. The Hall–Kier alpha value is -5.80. The molecule has 2 aliphatic rings. The SMILES string of the molecule is CC12C=CC=CC1c1ccccc1N2c1cccc(-n2c3ccccc3c3ccc(-n4c5ccccc5c5ccccc54)cc32)c1. The zero-order chi connectivity index (χ0) is 30.4. The number of anilines is 2. The predicted octanol–water partition coefficient (Wildman–Crippen LogP) is 11.0. The highest BCUT2D eigenvalue weighted by Gasteiger charge is 2.46. The lowest BCUT2D eigenvalue weighted by molar-refractivity contribution is 0.542. The maximum Gasteiger partial charge on any atom is 0.0712 e. The normalized spacial score (nSPS) is 18.6. The van der Waals surface area contributed by atoms with Crippen molar-refractivity contribution >= 4 is 55.0 Å². The van der Waals surface area contributed by atoms with E-state index in [2.05, 4.69) is 185 Å². The minimum atomic E-state index is -0.179. The zero-order valence-corrected chi connectivity index (χ0v) is 25.5. The van der Waals surface area contributed by atoms with Gasteiger partial charge in [0.25, 0.3) is 0 Å². The van der Waals surface area contributed by atoms with Crippen LogP contribution in [0, 0.1) is 0 Å². The minimum Gasteiger partial charge on any atom is -0.331 e. The summed E-state index contributed by atoms with van der Waals surface area (Å²) in [5, 5.41) is 5.06. The molecule has 1 aliphatic heterocycles. The van der Waals surface area contributed by atoms with Crippen LogP contribution in [0.5, 0.6) is 0 Å². The van der Waals surface area contributed by atoms with E-state index in [0.29, 0.717) is 5.92 Å². The molecular weight excluding hydrogens is 558 g/mol. The molecule has 2 aromatic heterocycles. The summed E-state index contributed by atoms with van der Waals surface area (Å²) >= 11 is 0. The van der Waals surface area contributed by atoms with E-state index in [9.17, 15) is 0 Å². The van der Waals surface area contributed by atoms with E-state index >= 15 is 0 Å². The van der Waals surface area contributed by atoms with Gasteiger partial charge in [0.15, 0.2) is 0 Å². The van der Waals surface area contributed by atoms with Crippen molar-refractivity contribution < 1.29 is 0 Å². The van der Waals surface area contributed by atoms with Gasteiger partial charge in [0.2, 0.25) is 0 Å². The van der Waals surface area contributed by atoms with E-state index in [-0.39, 0.29) is 5.54 Å². The van der Waals surface area contributed by atoms with Gasteiger partial charge in [-0.15, -0.1) is 0 Å². The van der Waals surface area contributed by atoms with Crippen LogP contribution in [0.3, 0.4) is 0 Å². The van der Waals surface area contributed by atoms with Crippen molar-refractivity contribution in [2.24, 2.45) is 0 Å². The molecule has 2 unspecified atom stereocenters. The number of allylic oxidation sites excluding steroid dienone is 2. The van der Waals surface area contributed by atoms with Crippen LogP contribution in [0.15, 0.2) is 164 Å². The van der Waals surface area contributed by atoms with Crippen molar-refractivity contribution in [3.05, 3.63) is 169 Å². The Labute approximate surface area is 267 Å². The number of para-hydroxylation sites is 4. The molecule has 2 atom stereocenters. The van der Waals surface area contributed by atoms with Gasteiger partial charge in [0.1, 0.15) is 0 Å². The molecule has 0 amide bonds. The Balaban J connectivity index is 1.21. The predicted molar refractivity (Wildman–Crippen MR) is 193 cm³/mol. The van der Waals surface area contributed by atoms with E-state index in [1.165, 1.54) is 60.5 Å². The topological polar surface area (TPSA) is 13.1 Å². The average molecular weight is 590 g/mol. The van der Waals surface area contributed by atoms with Crippen molar-refractivity contribution in [2.75, 3.05) is 4.90 Å². The molecule has 10 rings (SSSR count). The Kier molecular flexibility index (Phi) is 5.19. The quantitative estimate of drug-likeness (QED) is 0.200. The van der Waals surface area contributed by atoms with Crippen LogP contribution in [-0.4, -0.2) is 14.7 Å². The summed E-state index contributed by atoms with van der Waals surface area (Å²) in [6, 6.07) is 51.2. The number of hydrogen-bond donors (Lipinski definition) is 0. The van der Waals surface area contributed by atoms with Crippen molar-refractivity contribution in [1.82, 2.24) is 9.13 Å². The second kappa shape index (κ2) is 9.35. The first kappa shape index (κ1) is 25.5. The fraction of sp³-hybridized carbons (Fsp3) is 0.0698.